The molecule has 4 aromatic carbocycles. The van der Waals surface area contributed by atoms with Crippen molar-refractivity contribution < 1.29 is 27.0 Å². The second kappa shape index (κ2) is 12.2. The number of ether oxygens (including phenoxy) is 2. The molecule has 238 valence electrons. The molecule has 0 amide bonds. The molecule has 4 aromatic heterocycles. The van der Waals surface area contributed by atoms with Crippen molar-refractivity contribution in [2.24, 2.45) is 0 Å². The van der Waals surface area contributed by atoms with Crippen molar-refractivity contribution in [1.29, 1.82) is 0 Å². The van der Waals surface area contributed by atoms with E-state index in [1.165, 1.54) is 0 Å². The molecule has 0 bridgehead atoms. The smallest absolute Gasteiger partial charge is 0.234 e. The molecule has 11 heteroatoms. The maximum Gasteiger partial charge on any atom is 0.234 e. The summed E-state index contributed by atoms with van der Waals surface area (Å²) in [5, 5.41) is 1.80. The zero-order valence-electron chi connectivity index (χ0n) is 25.2. The maximum atomic E-state index is 13.9. The van der Waals surface area contributed by atoms with Gasteiger partial charge in [-0.15, -0.1) is 0 Å². The van der Waals surface area contributed by atoms with Gasteiger partial charge >= 0.3 is 0 Å². The topological polar surface area (TPSA) is 75.0 Å². The molecule has 4 heterocycles. The minimum atomic E-state index is -0.914. The van der Waals surface area contributed by atoms with Crippen LogP contribution in [0.3, 0.4) is 0 Å². The Kier molecular flexibility index (Phi) is 7.41. The average Bonchev–Trinajstić information content (AvgIpc) is 3.41. The molecule has 8 aromatic rings. The van der Waals surface area contributed by atoms with Crippen LogP contribution in [0.2, 0.25) is 0 Å². The van der Waals surface area contributed by atoms with E-state index in [4.69, 9.17) is 9.47 Å². The van der Waals surface area contributed by atoms with Crippen molar-refractivity contribution in [2.75, 3.05) is 0 Å². The van der Waals surface area contributed by atoms with Crippen LogP contribution in [-0.4, -0.2) is 24.5 Å². The maximum absolute atomic E-state index is 13.9. The Morgan fingerprint density at radius 2 is 0.939 bits per heavy atom. The van der Waals surface area contributed by atoms with Crippen molar-refractivity contribution in [3.63, 3.8) is 0 Å². The van der Waals surface area contributed by atoms with Crippen LogP contribution < -0.4 is 9.47 Å². The molecule has 49 heavy (non-hydrogen) atoms. The minimum absolute atomic E-state index is 0.143. The van der Waals surface area contributed by atoms with Gasteiger partial charge in [-0.3, -0.25) is 4.57 Å². The Hall–Kier alpha value is -6.62. The van der Waals surface area contributed by atoms with Gasteiger partial charge < -0.3 is 9.47 Å². The Morgan fingerprint density at radius 3 is 1.41 bits per heavy atom. The molecular weight excluding hydrogens is 634 g/mol. The number of fused-ring (bicyclic) bond motifs is 3. The van der Waals surface area contributed by atoms with E-state index in [1.54, 1.807) is 67.0 Å². The van der Waals surface area contributed by atoms with Gasteiger partial charge in [0.25, 0.3) is 0 Å². The van der Waals surface area contributed by atoms with Crippen LogP contribution in [0.15, 0.2) is 128 Å². The van der Waals surface area contributed by atoms with E-state index >= 15 is 0 Å². The normalized spacial score (nSPS) is 11.3. The number of benzene rings is 4. The van der Waals surface area contributed by atoms with Crippen LogP contribution in [0.5, 0.6) is 23.0 Å². The van der Waals surface area contributed by atoms with Gasteiger partial charge in [0.05, 0.1) is 22.4 Å². The molecule has 8 rings (SSSR count). The second-order valence-electron chi connectivity index (χ2n) is 11.0. The number of hydrogen-bond acceptors (Lipinski definition) is 6. The van der Waals surface area contributed by atoms with E-state index in [1.807, 2.05) is 41.0 Å². The number of pyridine rings is 2. The van der Waals surface area contributed by atoms with E-state index < -0.39 is 23.5 Å². The molecular formula is C38H21F4N5O2. The van der Waals surface area contributed by atoms with Gasteiger partial charge in [-0.25, -0.2) is 28.7 Å². The van der Waals surface area contributed by atoms with Crippen LogP contribution in [0, 0.1) is 23.5 Å². The first-order valence-corrected chi connectivity index (χ1v) is 14.9. The van der Waals surface area contributed by atoms with E-state index in [2.05, 4.69) is 19.9 Å². The lowest BCUT2D eigenvalue weighted by molar-refractivity contribution is 0.483. The highest BCUT2D eigenvalue weighted by atomic mass is 19.1. The summed E-state index contributed by atoms with van der Waals surface area (Å²) in [5.74, 6) is -0.987. The highest BCUT2D eigenvalue weighted by Gasteiger charge is 2.17. The molecule has 0 saturated carbocycles. The third-order valence-electron chi connectivity index (χ3n) is 7.71. The molecule has 0 radical (unpaired) electrons. The van der Waals surface area contributed by atoms with E-state index in [-0.39, 0.29) is 11.4 Å². The van der Waals surface area contributed by atoms with E-state index in [0.29, 0.717) is 40.1 Å². The van der Waals surface area contributed by atoms with Crippen LogP contribution >= 0.6 is 0 Å². The van der Waals surface area contributed by atoms with Crippen molar-refractivity contribution in [3.05, 3.63) is 151 Å². The molecule has 0 spiro atoms. The lowest BCUT2D eigenvalue weighted by atomic mass is 10.1. The van der Waals surface area contributed by atoms with Gasteiger partial charge in [-0.1, -0.05) is 24.3 Å². The average molecular weight is 656 g/mol. The fourth-order valence-electron chi connectivity index (χ4n) is 5.66. The number of hydrogen-bond donors (Lipinski definition) is 0. The molecule has 0 fully saturated rings. The molecule has 0 aliphatic rings. The van der Waals surface area contributed by atoms with Crippen LogP contribution in [-0.2, 0) is 0 Å². The van der Waals surface area contributed by atoms with Gasteiger partial charge in [0.15, 0.2) is 0 Å². The quantitative estimate of drug-likeness (QED) is 0.126. The fourth-order valence-corrected chi connectivity index (χ4v) is 5.66. The monoisotopic (exact) mass is 655 g/mol. The summed E-state index contributed by atoms with van der Waals surface area (Å²) < 4.78 is 69.6. The Balaban J connectivity index is 1.17. The summed E-state index contributed by atoms with van der Waals surface area (Å²) in [6, 6.07) is 30.3. The summed E-state index contributed by atoms with van der Waals surface area (Å²) in [7, 11) is 0. The zero-order chi connectivity index (χ0) is 33.5. The molecule has 0 aliphatic carbocycles. The number of halogens is 4. The first-order valence-electron chi connectivity index (χ1n) is 14.9. The van der Waals surface area contributed by atoms with Crippen LogP contribution in [0.25, 0.3) is 50.3 Å². The third kappa shape index (κ3) is 6.00. The summed E-state index contributed by atoms with van der Waals surface area (Å²) in [6.07, 6.45) is 3.29. The van der Waals surface area contributed by atoms with Crippen LogP contribution in [0.1, 0.15) is 0 Å². The second-order valence-corrected chi connectivity index (χ2v) is 11.0. The van der Waals surface area contributed by atoms with Gasteiger partial charge in [-0.2, -0.15) is 8.78 Å². The Morgan fingerprint density at radius 1 is 0.469 bits per heavy atom. The van der Waals surface area contributed by atoms with Crippen LogP contribution in [0.4, 0.5) is 17.6 Å². The van der Waals surface area contributed by atoms with Gasteiger partial charge in [0.1, 0.15) is 34.6 Å². The SMILES string of the molecule is Fc1cc(F)nc(-c2cccc(Oc3ccc4c5ccc(Oc6cccc(-c7cc(F)cc(F)n7)c6)cc5n(-c5ncccn5)c4c3)c2)c1. The number of rotatable bonds is 7. The molecule has 0 aliphatic heterocycles. The minimum Gasteiger partial charge on any atom is -0.457 e. The van der Waals surface area contributed by atoms with Gasteiger partial charge in [-0.05, 0) is 54.6 Å². The molecule has 0 N–H and O–H groups in total. The third-order valence-corrected chi connectivity index (χ3v) is 7.71. The summed E-state index contributed by atoms with van der Waals surface area (Å²) in [4.78, 5) is 16.6. The van der Waals surface area contributed by atoms with Crippen molar-refractivity contribution in [3.8, 4) is 51.5 Å². The van der Waals surface area contributed by atoms with Gasteiger partial charge in [0.2, 0.25) is 17.8 Å². The zero-order valence-corrected chi connectivity index (χ0v) is 25.2. The van der Waals surface area contributed by atoms with Crippen molar-refractivity contribution in [1.82, 2.24) is 24.5 Å². The lowest BCUT2D eigenvalue weighted by Gasteiger charge is -2.10. The summed E-state index contributed by atoms with van der Waals surface area (Å²) >= 11 is 0. The Labute approximate surface area is 275 Å². The summed E-state index contributed by atoms with van der Waals surface area (Å²) in [5.41, 5.74) is 2.76. The highest BCUT2D eigenvalue weighted by molar-refractivity contribution is 6.09. The standard InChI is InChI=1S/C38H21F4N5O2/c39-24-16-32(45-36(41)18-24)22-4-1-6-26(14-22)48-28-8-10-30-31-11-9-29(21-35(31)47(34(30)20-28)38-43-12-3-13-44-38)49-27-7-2-5-23(15-27)33-17-25(40)19-37(42)46-33/h1-21H. The molecule has 7 nitrogen and oxygen atoms in total. The first-order chi connectivity index (χ1) is 23.9. The predicted molar refractivity (Wildman–Crippen MR) is 176 cm³/mol. The highest BCUT2D eigenvalue weighted by Crippen LogP contribution is 2.38. The Bertz CT molecular complexity index is 2330. The lowest BCUT2D eigenvalue weighted by Crippen LogP contribution is -2.00. The van der Waals surface area contributed by atoms with E-state index in [9.17, 15) is 17.6 Å². The number of nitrogens with zero attached hydrogens (tertiary/aromatic N) is 5. The molecule has 0 atom stereocenters. The number of aromatic nitrogens is 5. The van der Waals surface area contributed by atoms with E-state index in [0.717, 1.165) is 46.1 Å². The predicted octanol–water partition coefficient (Wildman–Crippen LogP) is 9.84. The summed E-state index contributed by atoms with van der Waals surface area (Å²) in [6.45, 7) is 0. The largest absolute Gasteiger partial charge is 0.457 e. The van der Waals surface area contributed by atoms with Gasteiger partial charge in [0, 0.05) is 70.7 Å². The van der Waals surface area contributed by atoms with Crippen molar-refractivity contribution >= 4 is 21.8 Å². The molecule has 0 unspecified atom stereocenters. The fraction of sp³-hybridized carbons (Fsp3) is 0. The van der Waals surface area contributed by atoms with Crippen molar-refractivity contribution in [2.45, 2.75) is 0 Å². The first kappa shape index (κ1) is 29.8. The molecule has 0 saturated heterocycles.